The second-order valence-electron chi connectivity index (χ2n) is 7.59. The first kappa shape index (κ1) is 22.1. The number of primary amides is 1. The van der Waals surface area contributed by atoms with Gasteiger partial charge in [0.2, 0.25) is 11.8 Å². The SMILES string of the molecule is COc1ccc(CCC(=O)Nc2ccc(N3CCC(C(N)=O)CC3)cc2C(=O)O)cc1. The van der Waals surface area contributed by atoms with E-state index in [1.54, 1.807) is 25.3 Å². The molecule has 4 N–H and O–H groups in total. The molecule has 1 aliphatic heterocycles. The fourth-order valence-electron chi connectivity index (χ4n) is 3.70. The molecule has 2 aromatic rings. The zero-order valence-corrected chi connectivity index (χ0v) is 17.5. The maximum absolute atomic E-state index is 12.4. The van der Waals surface area contributed by atoms with E-state index < -0.39 is 5.97 Å². The molecule has 0 atom stereocenters. The van der Waals surface area contributed by atoms with Gasteiger partial charge in [-0.25, -0.2) is 4.79 Å². The average Bonchev–Trinajstić information content (AvgIpc) is 2.78. The number of aromatic carboxylic acids is 1. The monoisotopic (exact) mass is 425 g/mol. The van der Waals surface area contributed by atoms with Crippen LogP contribution in [-0.4, -0.2) is 43.1 Å². The molecule has 0 radical (unpaired) electrons. The van der Waals surface area contributed by atoms with Crippen molar-refractivity contribution in [1.29, 1.82) is 0 Å². The molecule has 0 spiro atoms. The van der Waals surface area contributed by atoms with Crippen molar-refractivity contribution >= 4 is 29.2 Å². The number of amides is 2. The van der Waals surface area contributed by atoms with Crippen molar-refractivity contribution in [3.8, 4) is 5.75 Å². The highest BCUT2D eigenvalue weighted by molar-refractivity contribution is 6.01. The molecule has 3 rings (SSSR count). The molecule has 1 saturated heterocycles. The van der Waals surface area contributed by atoms with E-state index in [9.17, 15) is 19.5 Å². The summed E-state index contributed by atoms with van der Waals surface area (Å²) in [7, 11) is 1.59. The van der Waals surface area contributed by atoms with Crippen LogP contribution in [0.5, 0.6) is 5.75 Å². The lowest BCUT2D eigenvalue weighted by Gasteiger charge is -2.32. The zero-order valence-electron chi connectivity index (χ0n) is 17.5. The molecule has 0 unspecified atom stereocenters. The van der Waals surface area contributed by atoms with Gasteiger partial charge in [0.1, 0.15) is 5.75 Å². The third-order valence-electron chi connectivity index (χ3n) is 5.57. The Morgan fingerprint density at radius 1 is 1.13 bits per heavy atom. The first-order chi connectivity index (χ1) is 14.9. The van der Waals surface area contributed by atoms with Crippen LogP contribution < -0.4 is 20.7 Å². The van der Waals surface area contributed by atoms with Crippen LogP contribution in [0.1, 0.15) is 35.2 Å². The maximum Gasteiger partial charge on any atom is 0.337 e. The van der Waals surface area contributed by atoms with E-state index in [-0.39, 0.29) is 35.4 Å². The number of nitrogens with two attached hydrogens (primary N) is 1. The Morgan fingerprint density at radius 3 is 2.39 bits per heavy atom. The van der Waals surface area contributed by atoms with Crippen LogP contribution in [0.4, 0.5) is 11.4 Å². The Labute approximate surface area is 181 Å². The number of carbonyl (C=O) groups is 3. The van der Waals surface area contributed by atoms with Crippen molar-refractivity contribution in [2.75, 3.05) is 30.4 Å². The number of piperidine rings is 1. The highest BCUT2D eigenvalue weighted by atomic mass is 16.5. The van der Waals surface area contributed by atoms with E-state index in [2.05, 4.69) is 5.32 Å². The van der Waals surface area contributed by atoms with Gasteiger partial charge in [-0.3, -0.25) is 9.59 Å². The van der Waals surface area contributed by atoms with E-state index in [0.29, 0.717) is 32.4 Å². The Balaban J connectivity index is 1.63. The summed E-state index contributed by atoms with van der Waals surface area (Å²) in [5.41, 5.74) is 7.41. The van der Waals surface area contributed by atoms with Crippen LogP contribution in [0.25, 0.3) is 0 Å². The fourth-order valence-corrected chi connectivity index (χ4v) is 3.70. The summed E-state index contributed by atoms with van der Waals surface area (Å²) in [4.78, 5) is 37.5. The number of methoxy groups -OCH3 is 1. The molecule has 8 nitrogen and oxygen atoms in total. The van der Waals surface area contributed by atoms with Crippen molar-refractivity contribution in [2.24, 2.45) is 11.7 Å². The molecule has 1 fully saturated rings. The smallest absolute Gasteiger partial charge is 0.337 e. The summed E-state index contributed by atoms with van der Waals surface area (Å²) in [6, 6.07) is 12.4. The van der Waals surface area contributed by atoms with Crippen LogP contribution in [0, 0.1) is 5.92 Å². The molecule has 31 heavy (non-hydrogen) atoms. The van der Waals surface area contributed by atoms with Crippen LogP contribution in [-0.2, 0) is 16.0 Å². The van der Waals surface area contributed by atoms with Crippen LogP contribution >= 0.6 is 0 Å². The lowest BCUT2D eigenvalue weighted by atomic mass is 9.95. The summed E-state index contributed by atoms with van der Waals surface area (Å²) in [5.74, 6) is -1.05. The lowest BCUT2D eigenvalue weighted by molar-refractivity contribution is -0.122. The minimum Gasteiger partial charge on any atom is -0.497 e. The van der Waals surface area contributed by atoms with Gasteiger partial charge in [-0.2, -0.15) is 0 Å². The minimum atomic E-state index is -1.11. The number of benzene rings is 2. The second kappa shape index (κ2) is 9.97. The first-order valence-electron chi connectivity index (χ1n) is 10.2. The van der Waals surface area contributed by atoms with Gasteiger partial charge in [0.25, 0.3) is 0 Å². The topological polar surface area (TPSA) is 122 Å². The maximum atomic E-state index is 12.4. The standard InChI is InChI=1S/C23H27N3O5/c1-31-18-6-2-15(3-7-18)4-9-21(27)25-20-8-5-17(14-19(20)23(29)30)26-12-10-16(11-13-26)22(24)28/h2-3,5-8,14,16H,4,9-13H2,1H3,(H2,24,28)(H,25,27)(H,29,30). The largest absolute Gasteiger partial charge is 0.497 e. The number of hydrogen-bond acceptors (Lipinski definition) is 5. The normalized spacial score (nSPS) is 14.2. The number of carbonyl (C=O) groups excluding carboxylic acids is 2. The van der Waals surface area contributed by atoms with E-state index in [1.165, 1.54) is 0 Å². The highest BCUT2D eigenvalue weighted by Gasteiger charge is 2.24. The Hall–Kier alpha value is -3.55. The van der Waals surface area contributed by atoms with E-state index >= 15 is 0 Å². The predicted octanol–water partition coefficient (Wildman–Crippen LogP) is 2.67. The van der Waals surface area contributed by atoms with Gasteiger partial charge in [-0.05, 0) is 55.2 Å². The number of rotatable bonds is 8. The number of anilines is 2. The van der Waals surface area contributed by atoms with Gasteiger partial charge in [-0.15, -0.1) is 0 Å². The first-order valence-corrected chi connectivity index (χ1v) is 10.2. The minimum absolute atomic E-state index is 0.0346. The third-order valence-corrected chi connectivity index (χ3v) is 5.57. The van der Waals surface area contributed by atoms with E-state index in [1.807, 2.05) is 29.2 Å². The molecule has 0 aliphatic carbocycles. The zero-order chi connectivity index (χ0) is 22.4. The van der Waals surface area contributed by atoms with Gasteiger partial charge in [0.05, 0.1) is 18.4 Å². The lowest BCUT2D eigenvalue weighted by Crippen LogP contribution is -2.38. The predicted molar refractivity (Wildman–Crippen MR) is 117 cm³/mol. The van der Waals surface area contributed by atoms with Crippen LogP contribution in [0.3, 0.4) is 0 Å². The molecule has 1 aliphatic rings. The summed E-state index contributed by atoms with van der Waals surface area (Å²) < 4.78 is 5.12. The van der Waals surface area contributed by atoms with Gasteiger partial charge in [0, 0.05) is 31.1 Å². The van der Waals surface area contributed by atoms with Crippen molar-refractivity contribution in [2.45, 2.75) is 25.7 Å². The average molecular weight is 425 g/mol. The van der Waals surface area contributed by atoms with Crippen molar-refractivity contribution in [3.63, 3.8) is 0 Å². The van der Waals surface area contributed by atoms with Gasteiger partial charge in [0.15, 0.2) is 0 Å². The second-order valence-corrected chi connectivity index (χ2v) is 7.59. The van der Waals surface area contributed by atoms with E-state index in [0.717, 1.165) is 17.0 Å². The van der Waals surface area contributed by atoms with Crippen LogP contribution in [0.15, 0.2) is 42.5 Å². The Bertz CT molecular complexity index is 950. The van der Waals surface area contributed by atoms with Gasteiger partial charge in [-0.1, -0.05) is 12.1 Å². The third kappa shape index (κ3) is 5.75. The number of carboxylic acids is 1. The number of carboxylic acid groups (broad SMARTS) is 1. The number of aryl methyl sites for hydroxylation is 1. The Morgan fingerprint density at radius 2 is 1.81 bits per heavy atom. The highest BCUT2D eigenvalue weighted by Crippen LogP contribution is 2.27. The molecule has 2 aromatic carbocycles. The number of hydrogen-bond donors (Lipinski definition) is 3. The molecular formula is C23H27N3O5. The summed E-state index contributed by atoms with van der Waals surface area (Å²) >= 11 is 0. The molecule has 8 heteroatoms. The van der Waals surface area contributed by atoms with Gasteiger partial charge >= 0.3 is 5.97 Å². The number of ether oxygens (including phenoxy) is 1. The van der Waals surface area contributed by atoms with Crippen molar-refractivity contribution < 1.29 is 24.2 Å². The molecule has 0 aromatic heterocycles. The molecule has 0 bridgehead atoms. The van der Waals surface area contributed by atoms with Crippen molar-refractivity contribution in [3.05, 3.63) is 53.6 Å². The summed E-state index contributed by atoms with van der Waals surface area (Å²) in [6.45, 7) is 1.25. The molecule has 164 valence electrons. The van der Waals surface area contributed by atoms with Gasteiger partial charge < -0.3 is 25.8 Å². The number of nitrogens with one attached hydrogen (secondary N) is 1. The molecule has 1 heterocycles. The van der Waals surface area contributed by atoms with E-state index in [4.69, 9.17) is 10.5 Å². The van der Waals surface area contributed by atoms with Crippen molar-refractivity contribution in [1.82, 2.24) is 0 Å². The summed E-state index contributed by atoms with van der Waals surface area (Å²) in [6.07, 6.45) is 2.04. The Kier molecular flexibility index (Phi) is 7.12. The quantitative estimate of drug-likeness (QED) is 0.598. The molecule has 0 saturated carbocycles. The molecular weight excluding hydrogens is 398 g/mol. The fraction of sp³-hybridized carbons (Fsp3) is 0.348. The molecule has 2 amide bonds. The number of nitrogens with zero attached hydrogens (tertiary/aromatic N) is 1. The summed E-state index contributed by atoms with van der Waals surface area (Å²) in [5, 5.41) is 12.3. The van der Waals surface area contributed by atoms with Crippen LogP contribution in [0.2, 0.25) is 0 Å².